The quantitative estimate of drug-likeness (QED) is 0.339. The number of carboxylic acid groups (broad SMARTS) is 1. The van der Waals surface area contributed by atoms with Crippen LogP contribution < -0.4 is 5.32 Å². The fourth-order valence-corrected chi connectivity index (χ4v) is 3.80. The number of aromatic amines is 1. The number of hydrogen-bond donors (Lipinski definition) is 3. The zero-order chi connectivity index (χ0) is 25.2. The molecule has 3 rings (SSSR count). The Balaban J connectivity index is 1.57. The number of aliphatic carboxylic acids is 1. The van der Waals surface area contributed by atoms with E-state index in [2.05, 4.69) is 20.7 Å². The van der Waals surface area contributed by atoms with Crippen LogP contribution in [0.1, 0.15) is 42.7 Å². The summed E-state index contributed by atoms with van der Waals surface area (Å²) in [6, 6.07) is 17.5. The van der Waals surface area contributed by atoms with E-state index >= 15 is 0 Å². The number of amides is 1. The molecule has 0 aliphatic rings. The van der Waals surface area contributed by atoms with Crippen molar-refractivity contribution in [2.45, 2.75) is 39.2 Å². The number of carbonyl (C=O) groups is 3. The van der Waals surface area contributed by atoms with Crippen molar-refractivity contribution in [2.24, 2.45) is 11.8 Å². The van der Waals surface area contributed by atoms with E-state index in [0.29, 0.717) is 6.42 Å². The third-order valence-electron chi connectivity index (χ3n) is 5.80. The van der Waals surface area contributed by atoms with Gasteiger partial charge in [0, 0.05) is 12.5 Å². The molecule has 3 N–H and O–H groups in total. The number of ether oxygens (including phenoxy) is 1. The smallest absolute Gasteiger partial charge is 0.308 e. The van der Waals surface area contributed by atoms with Gasteiger partial charge in [-0.15, -0.1) is 5.10 Å². The fraction of sp³-hybridized carbons (Fsp3) is 0.346. The first-order valence-corrected chi connectivity index (χ1v) is 11.5. The van der Waals surface area contributed by atoms with Crippen LogP contribution >= 0.6 is 0 Å². The van der Waals surface area contributed by atoms with Gasteiger partial charge in [-0.2, -0.15) is 0 Å². The van der Waals surface area contributed by atoms with Crippen molar-refractivity contribution >= 4 is 17.8 Å². The molecule has 0 saturated heterocycles. The molecule has 35 heavy (non-hydrogen) atoms. The van der Waals surface area contributed by atoms with Crippen LogP contribution in [-0.2, 0) is 20.7 Å². The minimum absolute atomic E-state index is 0.0576. The molecule has 0 bridgehead atoms. The molecule has 0 radical (unpaired) electrons. The lowest BCUT2D eigenvalue weighted by Crippen LogP contribution is -2.38. The second-order valence-corrected chi connectivity index (χ2v) is 8.60. The van der Waals surface area contributed by atoms with Crippen LogP contribution in [0.25, 0.3) is 11.1 Å². The average Bonchev–Trinajstić information content (AvgIpc) is 3.40. The van der Waals surface area contributed by atoms with Gasteiger partial charge in [0.25, 0.3) is 5.91 Å². The highest BCUT2D eigenvalue weighted by Gasteiger charge is 2.23. The summed E-state index contributed by atoms with van der Waals surface area (Å²) in [5.74, 6) is -2.81. The van der Waals surface area contributed by atoms with Crippen LogP contribution in [-0.4, -0.2) is 51.0 Å². The lowest BCUT2D eigenvalue weighted by molar-refractivity contribution is -0.148. The summed E-state index contributed by atoms with van der Waals surface area (Å²) >= 11 is 0. The highest BCUT2D eigenvalue weighted by Crippen LogP contribution is 2.26. The second-order valence-electron chi connectivity index (χ2n) is 8.60. The molecule has 2 aromatic carbocycles. The number of hydrogen-bond acceptors (Lipinski definition) is 6. The minimum Gasteiger partial charge on any atom is -0.481 e. The average molecular weight is 479 g/mol. The molecule has 9 heteroatoms. The van der Waals surface area contributed by atoms with E-state index in [1.54, 1.807) is 6.92 Å². The first-order chi connectivity index (χ1) is 16.8. The molecule has 0 aliphatic heterocycles. The van der Waals surface area contributed by atoms with Gasteiger partial charge < -0.3 is 15.2 Å². The Labute approximate surface area is 203 Å². The predicted octanol–water partition coefficient (Wildman–Crippen LogP) is 3.49. The number of carboxylic acids is 1. The summed E-state index contributed by atoms with van der Waals surface area (Å²) in [5.41, 5.74) is 3.38. The first-order valence-electron chi connectivity index (χ1n) is 11.5. The first kappa shape index (κ1) is 25.6. The van der Waals surface area contributed by atoms with Crippen molar-refractivity contribution in [3.63, 3.8) is 0 Å². The summed E-state index contributed by atoms with van der Waals surface area (Å²) in [7, 11) is 0. The lowest BCUT2D eigenvalue weighted by Gasteiger charge is -2.21. The zero-order valence-corrected chi connectivity index (χ0v) is 19.8. The molecule has 1 unspecified atom stereocenters. The summed E-state index contributed by atoms with van der Waals surface area (Å²) < 4.78 is 5.50. The van der Waals surface area contributed by atoms with Crippen molar-refractivity contribution in [1.82, 2.24) is 20.7 Å². The van der Waals surface area contributed by atoms with Crippen LogP contribution in [0.4, 0.5) is 0 Å². The van der Waals surface area contributed by atoms with E-state index in [4.69, 9.17) is 4.74 Å². The van der Waals surface area contributed by atoms with Crippen LogP contribution in [0.15, 0.2) is 60.8 Å². The van der Waals surface area contributed by atoms with Crippen molar-refractivity contribution in [1.29, 1.82) is 0 Å². The van der Waals surface area contributed by atoms with E-state index in [1.807, 2.05) is 61.5 Å². The maximum atomic E-state index is 12.7. The van der Waals surface area contributed by atoms with Gasteiger partial charge in [0.05, 0.1) is 24.6 Å². The second kappa shape index (κ2) is 12.5. The summed E-state index contributed by atoms with van der Waals surface area (Å²) in [6.07, 6.45) is 2.28. The molecule has 184 valence electrons. The molecule has 1 amide bonds. The van der Waals surface area contributed by atoms with Crippen molar-refractivity contribution < 1.29 is 24.2 Å². The van der Waals surface area contributed by atoms with Gasteiger partial charge >= 0.3 is 11.9 Å². The standard InChI is InChI=1S/C26H30N4O5/c1-17(25(32)33)15-21(28-24(31)23-16-27-30-29-23)12-13-35-26(34)18(2)14-20-10-6-7-11-22(20)19-8-4-3-5-9-19/h3-11,16-18,21H,12-15H2,1-2H3,(H,28,31)(H,32,33)(H,27,29,30)/t17-,18?,21-/m0/s1. The third kappa shape index (κ3) is 7.49. The van der Waals surface area contributed by atoms with Gasteiger partial charge in [0.1, 0.15) is 5.69 Å². The Morgan fingerprint density at radius 2 is 1.74 bits per heavy atom. The number of nitrogens with one attached hydrogen (secondary N) is 2. The number of rotatable bonds is 12. The number of nitrogens with zero attached hydrogens (tertiary/aromatic N) is 2. The Morgan fingerprint density at radius 3 is 2.43 bits per heavy atom. The molecule has 3 aromatic rings. The lowest BCUT2D eigenvalue weighted by atomic mass is 9.93. The van der Waals surface area contributed by atoms with Crippen LogP contribution in [0.5, 0.6) is 0 Å². The number of aromatic nitrogens is 3. The molecule has 1 aromatic heterocycles. The van der Waals surface area contributed by atoms with Gasteiger partial charge in [-0.25, -0.2) is 0 Å². The Morgan fingerprint density at radius 1 is 1.03 bits per heavy atom. The fourth-order valence-electron chi connectivity index (χ4n) is 3.80. The molecule has 1 heterocycles. The number of H-pyrrole nitrogens is 1. The van der Waals surface area contributed by atoms with Crippen molar-refractivity contribution in [3.8, 4) is 11.1 Å². The maximum Gasteiger partial charge on any atom is 0.308 e. The van der Waals surface area contributed by atoms with Gasteiger partial charge in [-0.1, -0.05) is 73.7 Å². The SMILES string of the molecule is CC(Cc1ccccc1-c1ccccc1)C(=O)OCC[C@@H](C[C@H](C)C(=O)O)NC(=O)c1cnn[nH]1. The summed E-state index contributed by atoms with van der Waals surface area (Å²) in [5, 5.41) is 21.6. The number of carbonyl (C=O) groups excluding carboxylic acids is 2. The molecule has 0 aliphatic carbocycles. The van der Waals surface area contributed by atoms with Gasteiger partial charge in [-0.05, 0) is 29.5 Å². The maximum absolute atomic E-state index is 12.7. The van der Waals surface area contributed by atoms with E-state index in [-0.39, 0.29) is 37.0 Å². The summed E-state index contributed by atoms with van der Waals surface area (Å²) in [6.45, 7) is 3.45. The van der Waals surface area contributed by atoms with Gasteiger partial charge in [-0.3, -0.25) is 19.5 Å². The molecular weight excluding hydrogens is 448 g/mol. The Bertz CT molecular complexity index is 1120. The van der Waals surface area contributed by atoms with Gasteiger partial charge in [0.15, 0.2) is 0 Å². The highest BCUT2D eigenvalue weighted by molar-refractivity contribution is 5.92. The molecule has 9 nitrogen and oxygen atoms in total. The van der Waals surface area contributed by atoms with E-state index in [9.17, 15) is 19.5 Å². The Kier molecular flexibility index (Phi) is 9.11. The Hall–Kier alpha value is -4.01. The summed E-state index contributed by atoms with van der Waals surface area (Å²) in [4.78, 5) is 36.3. The van der Waals surface area contributed by atoms with Crippen molar-refractivity contribution in [3.05, 3.63) is 72.1 Å². The normalized spacial score (nSPS) is 13.4. The van der Waals surface area contributed by atoms with E-state index in [0.717, 1.165) is 16.7 Å². The minimum atomic E-state index is -0.963. The molecule has 0 saturated carbocycles. The van der Waals surface area contributed by atoms with Crippen molar-refractivity contribution in [2.75, 3.05) is 6.61 Å². The topological polar surface area (TPSA) is 134 Å². The molecule has 0 fully saturated rings. The predicted molar refractivity (Wildman–Crippen MR) is 129 cm³/mol. The third-order valence-corrected chi connectivity index (χ3v) is 5.80. The number of benzene rings is 2. The van der Waals surface area contributed by atoms with Gasteiger partial charge in [0.2, 0.25) is 0 Å². The zero-order valence-electron chi connectivity index (χ0n) is 19.8. The van der Waals surface area contributed by atoms with Crippen LogP contribution in [0, 0.1) is 11.8 Å². The van der Waals surface area contributed by atoms with E-state index in [1.165, 1.54) is 6.20 Å². The largest absolute Gasteiger partial charge is 0.481 e. The number of esters is 1. The molecular formula is C26H30N4O5. The van der Waals surface area contributed by atoms with Crippen LogP contribution in [0.2, 0.25) is 0 Å². The molecule has 0 spiro atoms. The van der Waals surface area contributed by atoms with Crippen LogP contribution in [0.3, 0.4) is 0 Å². The molecule has 3 atom stereocenters. The highest BCUT2D eigenvalue weighted by atomic mass is 16.5. The monoisotopic (exact) mass is 478 g/mol. The van der Waals surface area contributed by atoms with E-state index < -0.39 is 23.8 Å².